The Morgan fingerprint density at radius 1 is 1.05 bits per heavy atom. The van der Waals surface area contributed by atoms with Gasteiger partial charge in [-0.25, -0.2) is 0 Å². The molecule has 106 valence electrons. The van der Waals surface area contributed by atoms with Gasteiger partial charge in [-0.05, 0) is 25.0 Å². The molecule has 0 saturated heterocycles. The van der Waals surface area contributed by atoms with Crippen molar-refractivity contribution < 1.29 is 9.84 Å². The lowest BCUT2D eigenvalue weighted by Gasteiger charge is -2.15. The molecule has 0 fully saturated rings. The second-order valence-corrected chi connectivity index (χ2v) is 5.12. The van der Waals surface area contributed by atoms with Crippen LogP contribution < -0.4 is 4.74 Å². The quantitative estimate of drug-likeness (QED) is 0.842. The van der Waals surface area contributed by atoms with E-state index in [9.17, 15) is 5.11 Å². The average molecular weight is 270 g/mol. The molecule has 2 rings (SSSR count). The van der Waals surface area contributed by atoms with Gasteiger partial charge in [0.25, 0.3) is 0 Å². The van der Waals surface area contributed by atoms with Gasteiger partial charge in [0.15, 0.2) is 0 Å². The van der Waals surface area contributed by atoms with Crippen molar-refractivity contribution in [3.8, 4) is 5.75 Å². The Kier molecular flexibility index (Phi) is 5.19. The van der Waals surface area contributed by atoms with Crippen molar-refractivity contribution in [2.75, 3.05) is 0 Å². The third-order valence-electron chi connectivity index (χ3n) is 3.36. The van der Waals surface area contributed by atoms with Gasteiger partial charge in [0.2, 0.25) is 0 Å². The summed E-state index contributed by atoms with van der Waals surface area (Å²) in [6, 6.07) is 16.0. The standard InChI is InChI=1S/C18H22O2/c1-3-6-17(19)16-7-4-5-8-18(16)20-13-15-11-9-14(2)10-12-15/h4-5,7-12,17,19H,3,6,13H2,1-2H3. The highest BCUT2D eigenvalue weighted by Crippen LogP contribution is 2.28. The fourth-order valence-electron chi connectivity index (χ4n) is 2.16. The molecule has 2 heteroatoms. The predicted molar refractivity (Wildman–Crippen MR) is 81.8 cm³/mol. The average Bonchev–Trinajstić information content (AvgIpc) is 2.47. The van der Waals surface area contributed by atoms with Crippen LogP contribution in [0.2, 0.25) is 0 Å². The molecule has 0 aromatic heterocycles. The van der Waals surface area contributed by atoms with E-state index >= 15 is 0 Å². The van der Waals surface area contributed by atoms with Crippen LogP contribution in [0.3, 0.4) is 0 Å². The molecule has 0 aliphatic carbocycles. The topological polar surface area (TPSA) is 29.5 Å². The Morgan fingerprint density at radius 3 is 2.45 bits per heavy atom. The molecule has 2 aromatic carbocycles. The first-order valence-electron chi connectivity index (χ1n) is 7.16. The monoisotopic (exact) mass is 270 g/mol. The Hall–Kier alpha value is -1.80. The Labute approximate surface area is 121 Å². The molecule has 1 N–H and O–H groups in total. The number of ether oxygens (including phenoxy) is 1. The highest BCUT2D eigenvalue weighted by Gasteiger charge is 2.12. The molecule has 2 aromatic rings. The van der Waals surface area contributed by atoms with Gasteiger partial charge in [0.1, 0.15) is 12.4 Å². The Bertz CT molecular complexity index is 531. The van der Waals surface area contributed by atoms with Crippen molar-refractivity contribution >= 4 is 0 Å². The normalized spacial score (nSPS) is 12.2. The minimum Gasteiger partial charge on any atom is -0.489 e. The number of aryl methyl sites for hydroxylation is 1. The van der Waals surface area contributed by atoms with E-state index in [0.29, 0.717) is 6.61 Å². The zero-order chi connectivity index (χ0) is 14.4. The van der Waals surface area contributed by atoms with Crippen LogP contribution in [-0.2, 0) is 6.61 Å². The molecule has 0 heterocycles. The van der Waals surface area contributed by atoms with Gasteiger partial charge >= 0.3 is 0 Å². The Morgan fingerprint density at radius 2 is 1.75 bits per heavy atom. The molecule has 1 atom stereocenters. The van der Waals surface area contributed by atoms with Crippen molar-refractivity contribution in [1.82, 2.24) is 0 Å². The SMILES string of the molecule is CCCC(O)c1ccccc1OCc1ccc(C)cc1. The second kappa shape index (κ2) is 7.11. The third kappa shape index (κ3) is 3.84. The number of hydrogen-bond donors (Lipinski definition) is 1. The molecule has 20 heavy (non-hydrogen) atoms. The molecule has 0 radical (unpaired) electrons. The smallest absolute Gasteiger partial charge is 0.125 e. The van der Waals surface area contributed by atoms with Crippen molar-refractivity contribution in [3.05, 3.63) is 65.2 Å². The molecule has 0 aliphatic rings. The number of aliphatic hydroxyl groups excluding tert-OH is 1. The molecule has 0 aliphatic heterocycles. The zero-order valence-electron chi connectivity index (χ0n) is 12.2. The van der Waals surface area contributed by atoms with Gasteiger partial charge in [-0.3, -0.25) is 0 Å². The molecular weight excluding hydrogens is 248 g/mol. The van der Waals surface area contributed by atoms with Crippen LogP contribution in [0, 0.1) is 6.92 Å². The summed E-state index contributed by atoms with van der Waals surface area (Å²) in [6.45, 7) is 4.66. The summed E-state index contributed by atoms with van der Waals surface area (Å²) in [6.07, 6.45) is 1.26. The number of benzene rings is 2. The maximum Gasteiger partial charge on any atom is 0.125 e. The highest BCUT2D eigenvalue weighted by molar-refractivity contribution is 5.35. The molecule has 0 spiro atoms. The maximum atomic E-state index is 10.2. The van der Waals surface area contributed by atoms with Gasteiger partial charge in [0, 0.05) is 5.56 Å². The number of aliphatic hydroxyl groups is 1. The first-order valence-corrected chi connectivity index (χ1v) is 7.16. The van der Waals surface area contributed by atoms with E-state index in [2.05, 4.69) is 38.1 Å². The molecule has 2 nitrogen and oxygen atoms in total. The van der Waals surface area contributed by atoms with Crippen LogP contribution in [0.4, 0.5) is 0 Å². The van der Waals surface area contributed by atoms with E-state index in [-0.39, 0.29) is 0 Å². The minimum absolute atomic E-state index is 0.450. The van der Waals surface area contributed by atoms with Gasteiger partial charge in [0.05, 0.1) is 6.10 Å². The van der Waals surface area contributed by atoms with Gasteiger partial charge in [-0.15, -0.1) is 0 Å². The van der Waals surface area contributed by atoms with E-state index in [1.54, 1.807) is 0 Å². The van der Waals surface area contributed by atoms with Crippen LogP contribution in [0.25, 0.3) is 0 Å². The van der Waals surface area contributed by atoms with Crippen LogP contribution in [0.1, 0.15) is 42.6 Å². The van der Waals surface area contributed by atoms with E-state index in [1.165, 1.54) is 5.56 Å². The summed E-state index contributed by atoms with van der Waals surface area (Å²) in [5.41, 5.74) is 3.25. The predicted octanol–water partition coefficient (Wildman–Crippen LogP) is 4.41. The summed E-state index contributed by atoms with van der Waals surface area (Å²) in [5.74, 6) is 0.772. The second-order valence-electron chi connectivity index (χ2n) is 5.12. The summed E-state index contributed by atoms with van der Waals surface area (Å²) in [5, 5.41) is 10.2. The number of para-hydroxylation sites is 1. The van der Waals surface area contributed by atoms with E-state index in [1.807, 2.05) is 24.3 Å². The van der Waals surface area contributed by atoms with Crippen molar-refractivity contribution in [3.63, 3.8) is 0 Å². The maximum absolute atomic E-state index is 10.2. The fraction of sp³-hybridized carbons (Fsp3) is 0.333. The highest BCUT2D eigenvalue weighted by atomic mass is 16.5. The molecular formula is C18H22O2. The minimum atomic E-state index is -0.450. The fourth-order valence-corrected chi connectivity index (χ4v) is 2.16. The molecule has 0 saturated carbocycles. The lowest BCUT2D eigenvalue weighted by atomic mass is 10.0. The summed E-state index contributed by atoms with van der Waals surface area (Å²) >= 11 is 0. The van der Waals surface area contributed by atoms with Crippen molar-refractivity contribution in [2.24, 2.45) is 0 Å². The summed E-state index contributed by atoms with van der Waals surface area (Å²) in [7, 11) is 0. The number of hydrogen-bond acceptors (Lipinski definition) is 2. The number of rotatable bonds is 6. The lowest BCUT2D eigenvalue weighted by Crippen LogP contribution is -2.03. The van der Waals surface area contributed by atoms with Crippen LogP contribution in [0.5, 0.6) is 5.75 Å². The van der Waals surface area contributed by atoms with Gasteiger partial charge < -0.3 is 9.84 Å². The van der Waals surface area contributed by atoms with Crippen LogP contribution in [0.15, 0.2) is 48.5 Å². The first kappa shape index (κ1) is 14.6. The largest absolute Gasteiger partial charge is 0.489 e. The third-order valence-corrected chi connectivity index (χ3v) is 3.36. The van der Waals surface area contributed by atoms with Crippen LogP contribution >= 0.6 is 0 Å². The molecule has 0 amide bonds. The van der Waals surface area contributed by atoms with Gasteiger partial charge in [-0.1, -0.05) is 61.4 Å². The van der Waals surface area contributed by atoms with Crippen molar-refractivity contribution in [2.45, 2.75) is 39.4 Å². The Balaban J connectivity index is 2.07. The van der Waals surface area contributed by atoms with Gasteiger partial charge in [-0.2, -0.15) is 0 Å². The lowest BCUT2D eigenvalue weighted by molar-refractivity contribution is 0.159. The summed E-state index contributed by atoms with van der Waals surface area (Å²) in [4.78, 5) is 0. The van der Waals surface area contributed by atoms with E-state index < -0.39 is 6.10 Å². The molecule has 0 bridgehead atoms. The zero-order valence-corrected chi connectivity index (χ0v) is 12.2. The van der Waals surface area contributed by atoms with E-state index in [0.717, 1.165) is 29.7 Å². The first-order chi connectivity index (χ1) is 9.70. The van der Waals surface area contributed by atoms with E-state index in [4.69, 9.17) is 4.74 Å². The van der Waals surface area contributed by atoms with Crippen molar-refractivity contribution in [1.29, 1.82) is 0 Å². The molecule has 1 unspecified atom stereocenters. The summed E-state index contributed by atoms with van der Waals surface area (Å²) < 4.78 is 5.87. The van der Waals surface area contributed by atoms with Crippen LogP contribution in [-0.4, -0.2) is 5.11 Å².